The van der Waals surface area contributed by atoms with E-state index in [1.807, 2.05) is 5.32 Å². The lowest BCUT2D eigenvalue weighted by Crippen LogP contribution is -2.08. The third-order valence-corrected chi connectivity index (χ3v) is 6.41. The van der Waals surface area contributed by atoms with E-state index in [9.17, 15) is 94.0 Å². The predicted molar refractivity (Wildman–Crippen MR) is 196 cm³/mol. The lowest BCUT2D eigenvalue weighted by molar-refractivity contribution is -0.393. The van der Waals surface area contributed by atoms with E-state index in [0.29, 0.717) is 24.3 Å². The van der Waals surface area contributed by atoms with Gasteiger partial charge in [0.2, 0.25) is 35.1 Å². The fourth-order valence-electron chi connectivity index (χ4n) is 3.76. The van der Waals surface area contributed by atoms with Crippen LogP contribution in [0.1, 0.15) is 13.8 Å². The molecule has 0 saturated carbocycles. The molecule has 0 saturated heterocycles. The van der Waals surface area contributed by atoms with Crippen LogP contribution in [-0.2, 0) is 9.59 Å². The van der Waals surface area contributed by atoms with Gasteiger partial charge < -0.3 is 22.1 Å². The quantitative estimate of drug-likeness (QED) is 0.0540. The molecule has 28 heteroatoms. The Kier molecular flexibility index (Phi) is 19.3. The number of hydrogen-bond donors (Lipinski definition) is 4. The number of benzene rings is 5. The van der Waals surface area contributed by atoms with Crippen molar-refractivity contribution < 1.29 is 73.2 Å². The Labute approximate surface area is 338 Å². The van der Waals surface area contributed by atoms with E-state index in [1.165, 1.54) is 6.92 Å². The molecule has 0 atom stereocenters. The summed E-state index contributed by atoms with van der Waals surface area (Å²) in [5.74, 6) is -10.6. The van der Waals surface area contributed by atoms with Crippen molar-refractivity contribution in [3.8, 4) is 0 Å². The standard InChI is InChI=1S/C8H6F2N2O3.C8H7F2NO.C6H2F2N2O4.C6H4F2N2O2.C6H5F2N/c1-4(13)11-7-2-6(10)8(12(14)15)3-5(7)9;1-5(12)11-8-4-6(9)2-3-7(8)10;7-3-1-5(9(11)12)4(8)2-6(3)10(13)14;7-3-2-6(10(11)12)4(8)1-5(3)9;7-4-1-2-5(8)6(9)3-4/h2-3H,1H3,(H,11,13);2-4H,1H3,(H,11,12);1-2H;1-2H,9H2;1-3H,9H2. The number of anilines is 4. The summed E-state index contributed by atoms with van der Waals surface area (Å²) in [5.41, 5.74) is 4.64. The van der Waals surface area contributed by atoms with Crippen molar-refractivity contribution in [2.45, 2.75) is 13.8 Å². The minimum atomic E-state index is -1.44. The van der Waals surface area contributed by atoms with Gasteiger partial charge in [0.25, 0.3) is 0 Å². The lowest BCUT2D eigenvalue weighted by atomic mass is 10.2. The summed E-state index contributed by atoms with van der Waals surface area (Å²) in [7, 11) is 0. The van der Waals surface area contributed by atoms with E-state index < -0.39 is 124 Å². The maximum absolute atomic E-state index is 13.1. The van der Waals surface area contributed by atoms with Gasteiger partial charge in [-0.2, -0.15) is 17.6 Å². The number of carbonyl (C=O) groups excluding carboxylic acids is 2. The maximum Gasteiger partial charge on any atom is 0.308 e. The summed E-state index contributed by atoms with van der Waals surface area (Å²) in [5, 5.41) is 44.6. The van der Waals surface area contributed by atoms with Crippen molar-refractivity contribution >= 4 is 57.3 Å². The molecule has 0 unspecified atom stereocenters. The van der Waals surface area contributed by atoms with Crippen LogP contribution in [0.15, 0.2) is 72.8 Å². The number of nitro groups is 4. The van der Waals surface area contributed by atoms with E-state index in [1.54, 1.807) is 0 Å². The summed E-state index contributed by atoms with van der Waals surface area (Å²) in [6.07, 6.45) is 0. The monoisotopic (exact) mass is 894 g/mol. The average Bonchev–Trinajstić information content (AvgIpc) is 3.15. The third kappa shape index (κ3) is 16.4. The number of nitrogens with zero attached hydrogens (tertiary/aromatic N) is 4. The van der Waals surface area contributed by atoms with E-state index >= 15 is 0 Å². The molecule has 0 heterocycles. The molecule has 5 rings (SSSR count). The van der Waals surface area contributed by atoms with Crippen LogP contribution in [0.5, 0.6) is 0 Å². The first-order valence-corrected chi connectivity index (χ1v) is 15.7. The first-order valence-electron chi connectivity index (χ1n) is 15.7. The molecule has 5 aromatic carbocycles. The van der Waals surface area contributed by atoms with E-state index in [-0.39, 0.29) is 23.5 Å². The number of nitrogen functional groups attached to an aromatic ring is 2. The number of nitrogens with one attached hydrogen (secondary N) is 2. The highest BCUT2D eigenvalue weighted by Gasteiger charge is 2.24. The number of hydrogen-bond acceptors (Lipinski definition) is 12. The SMILES string of the molecule is CC(=O)Nc1cc(F)c([N+](=O)[O-])cc1F.CC(=O)Nc1cc(F)ccc1F.Nc1cc(F)c([N+](=O)[O-])cc1F.Nc1cc(F)ccc1F.O=[N+]([O-])c1cc(F)c([N+](=O)[O-])cc1F. The van der Waals surface area contributed by atoms with Gasteiger partial charge in [-0.25, -0.2) is 26.3 Å². The first-order chi connectivity index (χ1) is 28.7. The Hall–Kier alpha value is -8.46. The van der Waals surface area contributed by atoms with Crippen molar-refractivity contribution in [3.63, 3.8) is 0 Å². The van der Waals surface area contributed by atoms with Crippen LogP contribution in [0.2, 0.25) is 0 Å². The van der Waals surface area contributed by atoms with Gasteiger partial charge in [-0.15, -0.1) is 0 Å². The molecule has 330 valence electrons. The van der Waals surface area contributed by atoms with Gasteiger partial charge in [-0.05, 0) is 30.3 Å². The zero-order valence-electron chi connectivity index (χ0n) is 30.7. The molecule has 0 bridgehead atoms. The summed E-state index contributed by atoms with van der Waals surface area (Å²) in [6, 6.07) is 8.18. The molecule has 62 heavy (non-hydrogen) atoms. The highest BCUT2D eigenvalue weighted by atomic mass is 19.2. The second kappa shape index (κ2) is 23.2. The molecule has 0 aliphatic rings. The first kappa shape index (κ1) is 51.6. The number of amides is 2. The molecule has 5 aromatic rings. The summed E-state index contributed by atoms with van der Waals surface area (Å²) < 4.78 is 126. The molecular weight excluding hydrogens is 870 g/mol. The van der Waals surface area contributed by atoms with E-state index in [0.717, 1.165) is 43.3 Å². The van der Waals surface area contributed by atoms with Crippen molar-refractivity contribution in [2.75, 3.05) is 22.1 Å². The minimum Gasteiger partial charge on any atom is -0.396 e. The van der Waals surface area contributed by atoms with Crippen LogP contribution in [0, 0.1) is 98.6 Å². The molecule has 0 aliphatic heterocycles. The van der Waals surface area contributed by atoms with Crippen molar-refractivity contribution in [2.24, 2.45) is 0 Å². The fraction of sp³-hybridized carbons (Fsp3) is 0.0588. The molecule has 0 radical (unpaired) electrons. The van der Waals surface area contributed by atoms with Gasteiger partial charge in [0.15, 0.2) is 11.6 Å². The van der Waals surface area contributed by atoms with Crippen molar-refractivity contribution in [3.05, 3.63) is 171 Å². The highest BCUT2D eigenvalue weighted by molar-refractivity contribution is 5.89. The van der Waals surface area contributed by atoms with Gasteiger partial charge in [0.1, 0.15) is 23.3 Å². The Morgan fingerprint density at radius 1 is 0.419 bits per heavy atom. The van der Waals surface area contributed by atoms with Gasteiger partial charge >= 0.3 is 22.7 Å². The zero-order chi connectivity index (χ0) is 47.8. The third-order valence-electron chi connectivity index (χ3n) is 6.41. The Morgan fingerprint density at radius 2 is 0.726 bits per heavy atom. The molecule has 18 nitrogen and oxygen atoms in total. The highest BCUT2D eigenvalue weighted by Crippen LogP contribution is 2.27. The molecular formula is C34H24F10N8O10. The summed E-state index contributed by atoms with van der Waals surface area (Å²) >= 11 is 0. The number of halogens is 10. The Balaban J connectivity index is 0.000000391. The van der Waals surface area contributed by atoms with Crippen LogP contribution >= 0.6 is 0 Å². The number of carbonyl (C=O) groups is 2. The maximum atomic E-state index is 13.1. The largest absolute Gasteiger partial charge is 0.396 e. The summed E-state index contributed by atoms with van der Waals surface area (Å²) in [4.78, 5) is 57.1. The van der Waals surface area contributed by atoms with Crippen molar-refractivity contribution in [1.29, 1.82) is 0 Å². The van der Waals surface area contributed by atoms with Crippen LogP contribution in [-0.4, -0.2) is 31.5 Å². The number of nitro benzene ring substituents is 4. The second-order valence-corrected chi connectivity index (χ2v) is 11.0. The predicted octanol–water partition coefficient (Wildman–Crippen LogP) is 8.54. The van der Waals surface area contributed by atoms with Crippen LogP contribution in [0.25, 0.3) is 0 Å². The molecule has 0 aromatic heterocycles. The number of nitrogens with two attached hydrogens (primary N) is 2. The van der Waals surface area contributed by atoms with Crippen LogP contribution in [0.3, 0.4) is 0 Å². The fourth-order valence-corrected chi connectivity index (χ4v) is 3.76. The van der Waals surface area contributed by atoms with Gasteiger partial charge in [-0.1, -0.05) is 0 Å². The molecule has 0 fully saturated rings. The molecule has 0 aliphatic carbocycles. The van der Waals surface area contributed by atoms with Gasteiger partial charge in [0, 0.05) is 32.0 Å². The van der Waals surface area contributed by atoms with Crippen LogP contribution in [0.4, 0.5) is 89.4 Å². The summed E-state index contributed by atoms with van der Waals surface area (Å²) in [6.45, 7) is 2.34. The van der Waals surface area contributed by atoms with Crippen LogP contribution < -0.4 is 22.1 Å². The second-order valence-electron chi connectivity index (χ2n) is 11.0. The average molecular weight is 895 g/mol. The number of rotatable bonds is 6. The van der Waals surface area contributed by atoms with Crippen molar-refractivity contribution in [1.82, 2.24) is 0 Å². The van der Waals surface area contributed by atoms with E-state index in [4.69, 9.17) is 11.5 Å². The zero-order valence-corrected chi connectivity index (χ0v) is 30.7. The lowest BCUT2D eigenvalue weighted by Gasteiger charge is -2.03. The normalized spacial score (nSPS) is 9.74. The molecule has 6 N–H and O–H groups in total. The topological polar surface area (TPSA) is 283 Å². The van der Waals surface area contributed by atoms with E-state index in [2.05, 4.69) is 5.32 Å². The van der Waals surface area contributed by atoms with Gasteiger partial charge in [-0.3, -0.25) is 50.0 Å². The Morgan fingerprint density at radius 3 is 1.10 bits per heavy atom. The van der Waals surface area contributed by atoms with Gasteiger partial charge in [0.05, 0.1) is 66.7 Å². The minimum absolute atomic E-state index is 0.137. The molecule has 0 spiro atoms. The Bertz CT molecular complexity index is 2480. The molecule has 2 amide bonds. The smallest absolute Gasteiger partial charge is 0.308 e.